The molecule has 0 saturated carbocycles. The normalized spacial score (nSPS) is 9.94. The Morgan fingerprint density at radius 3 is 2.59 bits per heavy atom. The Labute approximate surface area is 101 Å². The molecule has 0 aliphatic heterocycles. The highest BCUT2D eigenvalue weighted by molar-refractivity contribution is 5.40. The molecule has 0 spiro atoms. The zero-order chi connectivity index (χ0) is 12.7. The van der Waals surface area contributed by atoms with E-state index < -0.39 is 0 Å². The van der Waals surface area contributed by atoms with Crippen molar-refractivity contribution < 1.29 is 14.2 Å². The first-order valence-corrected chi connectivity index (χ1v) is 5.76. The van der Waals surface area contributed by atoms with Gasteiger partial charge in [0.05, 0.1) is 6.10 Å². The topological polar surface area (TPSA) is 29.5 Å². The third-order valence-electron chi connectivity index (χ3n) is 2.40. The molecular weight excluding hydrogens is 219 g/mol. The van der Waals surface area contributed by atoms with Crippen molar-refractivity contribution >= 4 is 0 Å². The second-order valence-corrected chi connectivity index (χ2v) is 3.69. The summed E-state index contributed by atoms with van der Waals surface area (Å²) >= 11 is 0. The van der Waals surface area contributed by atoms with Crippen LogP contribution in [0.5, 0.6) is 5.75 Å². The van der Waals surface area contributed by atoms with E-state index in [-0.39, 0.29) is 18.5 Å². The van der Waals surface area contributed by atoms with Crippen LogP contribution in [-0.4, -0.2) is 17.8 Å². The Kier molecular flexibility index (Phi) is 5.51. The Bertz CT molecular complexity index is 414. The van der Waals surface area contributed by atoms with Gasteiger partial charge >= 0.3 is 0 Å². The largest absolute Gasteiger partial charge is 0.490 e. The first kappa shape index (κ1) is 13.5. The summed E-state index contributed by atoms with van der Waals surface area (Å²) in [6.45, 7) is 3.82. The van der Waals surface area contributed by atoms with E-state index >= 15 is 0 Å². The number of hydrogen-bond acceptors (Lipinski definition) is 2. The number of ether oxygens (including phenoxy) is 1. The average molecular weight is 236 g/mol. The third-order valence-corrected chi connectivity index (χ3v) is 2.40. The molecule has 92 valence electrons. The molecule has 1 N–H and O–H groups in total. The standard InChI is InChI=1S/C14H17FO2/c1-3-13(4-2)17-14-9-11(6-5-7-16)8-12(15)10-14/h8-10,13,16H,3-4,7H2,1-2H3. The van der Waals surface area contributed by atoms with Crippen molar-refractivity contribution in [2.45, 2.75) is 32.8 Å². The lowest BCUT2D eigenvalue weighted by atomic mass is 10.2. The summed E-state index contributed by atoms with van der Waals surface area (Å²) in [7, 11) is 0. The van der Waals surface area contributed by atoms with Crippen LogP contribution in [0.25, 0.3) is 0 Å². The highest BCUT2D eigenvalue weighted by atomic mass is 19.1. The van der Waals surface area contributed by atoms with Gasteiger partial charge in [-0.2, -0.15) is 0 Å². The Hall–Kier alpha value is -1.53. The van der Waals surface area contributed by atoms with E-state index in [1.165, 1.54) is 12.1 Å². The molecule has 17 heavy (non-hydrogen) atoms. The summed E-state index contributed by atoms with van der Waals surface area (Å²) in [6, 6.07) is 4.36. The van der Waals surface area contributed by atoms with Gasteiger partial charge in [-0.3, -0.25) is 0 Å². The van der Waals surface area contributed by atoms with Crippen LogP contribution in [0, 0.1) is 17.7 Å². The van der Waals surface area contributed by atoms with Gasteiger partial charge in [-0.25, -0.2) is 4.39 Å². The minimum Gasteiger partial charge on any atom is -0.490 e. The van der Waals surface area contributed by atoms with Crippen LogP contribution in [0.15, 0.2) is 18.2 Å². The monoisotopic (exact) mass is 236 g/mol. The van der Waals surface area contributed by atoms with Gasteiger partial charge in [0.2, 0.25) is 0 Å². The second kappa shape index (κ2) is 6.93. The quantitative estimate of drug-likeness (QED) is 0.814. The van der Waals surface area contributed by atoms with Gasteiger partial charge in [-0.1, -0.05) is 25.7 Å². The van der Waals surface area contributed by atoms with Crippen molar-refractivity contribution in [1.29, 1.82) is 0 Å². The van der Waals surface area contributed by atoms with E-state index in [4.69, 9.17) is 9.84 Å². The minimum atomic E-state index is -0.379. The predicted octanol–water partition coefficient (Wildman–Crippen LogP) is 2.74. The molecule has 0 amide bonds. The molecule has 3 heteroatoms. The molecule has 0 aromatic heterocycles. The molecule has 1 rings (SSSR count). The van der Waals surface area contributed by atoms with Gasteiger partial charge in [-0.15, -0.1) is 0 Å². The van der Waals surface area contributed by atoms with Crippen LogP contribution in [0.3, 0.4) is 0 Å². The van der Waals surface area contributed by atoms with E-state index in [1.54, 1.807) is 6.07 Å². The van der Waals surface area contributed by atoms with Crippen LogP contribution in [0.4, 0.5) is 4.39 Å². The molecule has 2 nitrogen and oxygen atoms in total. The summed E-state index contributed by atoms with van der Waals surface area (Å²) < 4.78 is 18.9. The van der Waals surface area contributed by atoms with Crippen LogP contribution in [0.2, 0.25) is 0 Å². The Morgan fingerprint density at radius 2 is 2.00 bits per heavy atom. The van der Waals surface area contributed by atoms with Gasteiger partial charge < -0.3 is 9.84 Å². The van der Waals surface area contributed by atoms with Crippen molar-refractivity contribution in [1.82, 2.24) is 0 Å². The lowest BCUT2D eigenvalue weighted by molar-refractivity contribution is 0.192. The fraction of sp³-hybridized carbons (Fsp3) is 0.429. The molecule has 0 fully saturated rings. The molecule has 0 saturated heterocycles. The predicted molar refractivity (Wildman–Crippen MR) is 65.4 cm³/mol. The van der Waals surface area contributed by atoms with Crippen molar-refractivity contribution in [3.63, 3.8) is 0 Å². The van der Waals surface area contributed by atoms with Crippen molar-refractivity contribution in [2.75, 3.05) is 6.61 Å². The summed E-state index contributed by atoms with van der Waals surface area (Å²) in [4.78, 5) is 0. The number of hydrogen-bond donors (Lipinski definition) is 1. The zero-order valence-corrected chi connectivity index (χ0v) is 10.2. The van der Waals surface area contributed by atoms with Crippen molar-refractivity contribution in [2.24, 2.45) is 0 Å². The molecule has 0 bridgehead atoms. The molecule has 0 heterocycles. The lowest BCUT2D eigenvalue weighted by Crippen LogP contribution is -2.13. The molecule has 0 radical (unpaired) electrons. The summed E-state index contributed by atoms with van der Waals surface area (Å²) in [5.74, 6) is 5.26. The van der Waals surface area contributed by atoms with Gasteiger partial charge in [0.25, 0.3) is 0 Å². The van der Waals surface area contributed by atoms with E-state index in [1.807, 2.05) is 13.8 Å². The van der Waals surface area contributed by atoms with E-state index in [9.17, 15) is 4.39 Å². The van der Waals surface area contributed by atoms with Crippen LogP contribution in [-0.2, 0) is 0 Å². The van der Waals surface area contributed by atoms with Gasteiger partial charge in [0, 0.05) is 11.6 Å². The smallest absolute Gasteiger partial charge is 0.128 e. The maximum absolute atomic E-state index is 13.3. The maximum atomic E-state index is 13.3. The summed E-state index contributed by atoms with van der Waals surface area (Å²) in [5, 5.41) is 8.59. The van der Waals surface area contributed by atoms with Crippen LogP contribution < -0.4 is 4.74 Å². The molecule has 1 aromatic carbocycles. The van der Waals surface area contributed by atoms with Crippen LogP contribution in [0.1, 0.15) is 32.3 Å². The van der Waals surface area contributed by atoms with Gasteiger partial charge in [0.1, 0.15) is 18.2 Å². The van der Waals surface area contributed by atoms with E-state index in [2.05, 4.69) is 11.8 Å². The summed E-state index contributed by atoms with van der Waals surface area (Å²) in [6.07, 6.45) is 1.85. The molecule has 0 aliphatic rings. The zero-order valence-electron chi connectivity index (χ0n) is 10.2. The maximum Gasteiger partial charge on any atom is 0.128 e. The highest BCUT2D eigenvalue weighted by Gasteiger charge is 2.07. The molecule has 0 atom stereocenters. The second-order valence-electron chi connectivity index (χ2n) is 3.69. The number of halogens is 1. The number of aliphatic hydroxyl groups is 1. The highest BCUT2D eigenvalue weighted by Crippen LogP contribution is 2.19. The van der Waals surface area contributed by atoms with Gasteiger partial charge in [0.15, 0.2) is 0 Å². The SMILES string of the molecule is CCC(CC)Oc1cc(F)cc(C#CCO)c1. The van der Waals surface area contributed by atoms with Crippen molar-refractivity contribution in [3.8, 4) is 17.6 Å². The average Bonchev–Trinajstić information content (AvgIpc) is 2.32. The summed E-state index contributed by atoms with van der Waals surface area (Å²) in [5.41, 5.74) is 0.514. The number of aliphatic hydroxyl groups excluding tert-OH is 1. The lowest BCUT2D eigenvalue weighted by Gasteiger charge is -2.15. The molecule has 1 aromatic rings. The number of rotatable bonds is 4. The molecule has 0 unspecified atom stereocenters. The van der Waals surface area contributed by atoms with Crippen molar-refractivity contribution in [3.05, 3.63) is 29.6 Å². The fourth-order valence-electron chi connectivity index (χ4n) is 1.49. The number of benzene rings is 1. The fourth-order valence-corrected chi connectivity index (χ4v) is 1.49. The third kappa shape index (κ3) is 4.46. The van der Waals surface area contributed by atoms with E-state index in [0.29, 0.717) is 11.3 Å². The van der Waals surface area contributed by atoms with Gasteiger partial charge in [-0.05, 0) is 25.0 Å². The Balaban J connectivity index is 2.89. The minimum absolute atomic E-state index is 0.0930. The molecular formula is C14H17FO2. The van der Waals surface area contributed by atoms with Crippen LogP contribution >= 0.6 is 0 Å². The molecule has 0 aliphatic carbocycles. The first-order chi connectivity index (χ1) is 8.19. The van der Waals surface area contributed by atoms with E-state index in [0.717, 1.165) is 12.8 Å². The first-order valence-electron chi connectivity index (χ1n) is 5.76. The Morgan fingerprint density at radius 1 is 1.29 bits per heavy atom.